The zero-order chi connectivity index (χ0) is 35.3. The Morgan fingerprint density at radius 2 is 1.73 bits per heavy atom. The molecule has 1 aliphatic rings. The Morgan fingerprint density at radius 1 is 1.12 bits per heavy atom. The van der Waals surface area contributed by atoms with Gasteiger partial charge in [-0.3, -0.25) is 9.48 Å². The molecule has 15 nitrogen and oxygen atoms in total. The smallest absolute Gasteiger partial charge is 0.544 e. The number of aromatic nitrogens is 3. The maximum absolute atomic E-state index is 12.7. The summed E-state index contributed by atoms with van der Waals surface area (Å²) in [7, 11) is -5.92. The van der Waals surface area contributed by atoms with Crippen LogP contribution in [-0.4, -0.2) is 106 Å². The largest absolute Gasteiger partial charge is 1.00 e. The Morgan fingerprint density at radius 3 is 2.33 bits per heavy atom. The van der Waals surface area contributed by atoms with Crippen LogP contribution in [0.2, 0.25) is 0 Å². The van der Waals surface area contributed by atoms with Gasteiger partial charge in [-0.1, -0.05) is 59.8 Å². The summed E-state index contributed by atoms with van der Waals surface area (Å²) in [5, 5.41) is 54.4. The van der Waals surface area contributed by atoms with Crippen LogP contribution in [0, 0.1) is 0 Å². The van der Waals surface area contributed by atoms with Gasteiger partial charge < -0.3 is 40.0 Å². The molecule has 4 rings (SSSR count). The third-order valence-electron chi connectivity index (χ3n) is 7.46. The molecule has 0 aliphatic carbocycles. The molecular weight excluding hydrogens is 690 g/mol. The predicted molar refractivity (Wildman–Crippen MR) is 157 cm³/mol. The van der Waals surface area contributed by atoms with E-state index in [2.05, 4.69) is 15.6 Å². The van der Waals surface area contributed by atoms with E-state index in [0.29, 0.717) is 5.69 Å². The van der Waals surface area contributed by atoms with Gasteiger partial charge in [-0.2, -0.15) is 13.2 Å². The zero-order valence-electron chi connectivity index (χ0n) is 26.3. The number of aliphatic hydroxyl groups is 3. The van der Waals surface area contributed by atoms with E-state index >= 15 is 0 Å². The van der Waals surface area contributed by atoms with Gasteiger partial charge in [0, 0.05) is 32.0 Å². The van der Waals surface area contributed by atoms with Crippen molar-refractivity contribution in [3.8, 4) is 22.4 Å². The summed E-state index contributed by atoms with van der Waals surface area (Å²) in [5.74, 6) is -5.54. The number of nitrogens with zero attached hydrogens (tertiary/aromatic N) is 3. The van der Waals surface area contributed by atoms with E-state index in [1.54, 1.807) is 6.20 Å². The minimum atomic E-state index is -5.92. The number of halogens is 3. The Kier molecular flexibility index (Phi) is 13.9. The number of carbonyl (C=O) groups is 2. The van der Waals surface area contributed by atoms with E-state index in [4.69, 9.17) is 9.47 Å². The summed E-state index contributed by atoms with van der Waals surface area (Å²) in [6.07, 6.45) is -7.54. The van der Waals surface area contributed by atoms with Crippen LogP contribution in [0.1, 0.15) is 19.8 Å². The summed E-state index contributed by atoms with van der Waals surface area (Å²) in [6.45, 7) is -0.541. The van der Waals surface area contributed by atoms with Crippen LogP contribution >= 0.6 is 0 Å². The maximum Gasteiger partial charge on any atom is 1.00 e. The monoisotopic (exact) mass is 723 g/mol. The number of sulfonamides is 1. The average molecular weight is 724 g/mol. The SMILES string of the molecule is CC(=O)N[C@H]1[C@H]([C@H](O)[C@H](O)CNS(=O)(=O)C(F)(F)F)O[C@@](OCCCn2cc(-c3ccc(-c4ccccc4)cc3)nn2)(C(=O)[O-])C[C@@H]1O.[Na+]. The number of carboxylic acid groups (broad SMARTS) is 1. The third-order valence-corrected chi connectivity index (χ3v) is 8.62. The van der Waals surface area contributed by atoms with Crippen molar-refractivity contribution in [2.24, 2.45) is 0 Å². The van der Waals surface area contributed by atoms with E-state index < -0.39 is 76.6 Å². The number of aliphatic hydroxyl groups excluding tert-OH is 3. The first-order valence-corrected chi connectivity index (χ1v) is 16.0. The minimum absolute atomic E-state index is 0. The van der Waals surface area contributed by atoms with Gasteiger partial charge in [0.05, 0.1) is 31.1 Å². The Balaban J connectivity index is 0.00000650. The van der Waals surface area contributed by atoms with Gasteiger partial charge in [-0.15, -0.1) is 5.10 Å². The van der Waals surface area contributed by atoms with E-state index in [1.807, 2.05) is 54.6 Å². The number of carbonyl (C=O) groups excluding carboxylic acids is 2. The van der Waals surface area contributed by atoms with Gasteiger partial charge in [0.15, 0.2) is 0 Å². The first-order chi connectivity index (χ1) is 22.5. The summed E-state index contributed by atoms with van der Waals surface area (Å²) in [4.78, 5) is 24.0. The van der Waals surface area contributed by atoms with Crippen molar-refractivity contribution in [1.29, 1.82) is 0 Å². The minimum Gasteiger partial charge on any atom is -0.544 e. The molecule has 1 fully saturated rings. The first-order valence-electron chi connectivity index (χ1n) is 14.5. The van der Waals surface area contributed by atoms with Crippen molar-refractivity contribution in [2.75, 3.05) is 13.2 Å². The van der Waals surface area contributed by atoms with Crippen LogP contribution in [0.5, 0.6) is 0 Å². The van der Waals surface area contributed by atoms with E-state index in [1.165, 1.54) is 4.68 Å². The molecule has 1 aliphatic heterocycles. The normalized spacial score (nSPS) is 22.5. The van der Waals surface area contributed by atoms with Gasteiger partial charge in [-0.25, -0.2) is 13.1 Å². The third kappa shape index (κ3) is 10.1. The molecule has 5 N–H and O–H groups in total. The second kappa shape index (κ2) is 16.8. The number of hydrogen-bond donors (Lipinski definition) is 5. The second-order valence-electron chi connectivity index (χ2n) is 11.0. The summed E-state index contributed by atoms with van der Waals surface area (Å²) in [6, 6.07) is 15.8. The Bertz CT molecular complexity index is 1670. The van der Waals surface area contributed by atoms with Crippen molar-refractivity contribution in [2.45, 2.75) is 68.1 Å². The van der Waals surface area contributed by atoms with Gasteiger partial charge >= 0.3 is 45.1 Å². The molecule has 1 saturated heterocycles. The number of alkyl halides is 3. The van der Waals surface area contributed by atoms with Gasteiger partial charge in [0.1, 0.15) is 23.9 Å². The molecule has 0 unspecified atom stereocenters. The maximum atomic E-state index is 12.7. The molecule has 2 heterocycles. The number of amides is 1. The average Bonchev–Trinajstić information content (AvgIpc) is 3.51. The molecule has 1 amide bonds. The van der Waals surface area contributed by atoms with Crippen LogP contribution in [0.15, 0.2) is 60.8 Å². The number of aliphatic carboxylic acids is 1. The van der Waals surface area contributed by atoms with Crippen LogP contribution < -0.4 is 44.7 Å². The molecule has 3 aromatic rings. The van der Waals surface area contributed by atoms with Crippen molar-refractivity contribution in [3.63, 3.8) is 0 Å². The van der Waals surface area contributed by atoms with E-state index in [0.717, 1.165) is 28.3 Å². The quantitative estimate of drug-likeness (QED) is 0.0801. The second-order valence-corrected chi connectivity index (χ2v) is 12.7. The molecule has 6 atom stereocenters. The van der Waals surface area contributed by atoms with Crippen LogP contribution in [-0.2, 0) is 35.6 Å². The fraction of sp³-hybridized carbons (Fsp3) is 0.448. The number of benzene rings is 2. The van der Waals surface area contributed by atoms with E-state index in [9.17, 15) is 51.6 Å². The van der Waals surface area contributed by atoms with Gasteiger partial charge in [0.25, 0.3) is 0 Å². The molecule has 2 aromatic carbocycles. The number of hydrogen-bond acceptors (Lipinski definition) is 12. The fourth-order valence-corrected chi connectivity index (χ4v) is 5.58. The molecule has 0 spiro atoms. The van der Waals surface area contributed by atoms with Crippen LogP contribution in [0.3, 0.4) is 0 Å². The summed E-state index contributed by atoms with van der Waals surface area (Å²) in [5.41, 5.74) is -2.30. The number of carboxylic acids is 1. The molecular formula is C29H33F3N5NaO10S. The molecule has 1 aromatic heterocycles. The Labute approximate surface area is 300 Å². The van der Waals surface area contributed by atoms with Crippen molar-refractivity contribution in [1.82, 2.24) is 25.0 Å². The first kappa shape index (κ1) is 40.4. The molecule has 0 radical (unpaired) electrons. The topological polar surface area (TPSA) is 225 Å². The fourth-order valence-electron chi connectivity index (χ4n) is 5.03. The molecule has 0 bridgehead atoms. The van der Waals surface area contributed by atoms with Crippen LogP contribution in [0.4, 0.5) is 13.2 Å². The molecule has 49 heavy (non-hydrogen) atoms. The van der Waals surface area contributed by atoms with Gasteiger partial charge in [-0.05, 0) is 17.5 Å². The Hall–Kier alpha value is -2.98. The molecule has 20 heteroatoms. The zero-order valence-corrected chi connectivity index (χ0v) is 29.1. The summed E-state index contributed by atoms with van der Waals surface area (Å²) < 4.78 is 74.2. The van der Waals surface area contributed by atoms with Crippen molar-refractivity contribution in [3.05, 3.63) is 60.8 Å². The number of nitrogens with one attached hydrogen (secondary N) is 2. The van der Waals surface area contributed by atoms with Crippen LogP contribution in [0.25, 0.3) is 22.4 Å². The number of ether oxygens (including phenoxy) is 2. The standard InChI is InChI=1S/C29H34F3N5O10S.Na/c1-17(38)34-24-22(39)14-28(27(42)43,47-26(24)25(41)23(40)15-33-48(44,45)29(30,31)32)46-13-5-12-37-16-21(35-36-37)20-10-8-19(9-11-20)18-6-3-2-4-7-18;/h2-4,6-11,16,22-26,33,39-41H,5,12-15H2,1H3,(H,34,38)(H,42,43);/q;+1/p-1/t22-,23+,24+,25+,26+,28+;/m0./s1. The number of rotatable bonds is 14. The molecule has 0 saturated carbocycles. The van der Waals surface area contributed by atoms with Crippen molar-refractivity contribution < 1.29 is 90.6 Å². The summed E-state index contributed by atoms with van der Waals surface area (Å²) >= 11 is 0. The van der Waals surface area contributed by atoms with Crippen molar-refractivity contribution >= 4 is 21.9 Å². The molecule has 262 valence electrons. The van der Waals surface area contributed by atoms with E-state index in [-0.39, 0.29) is 49.1 Å². The van der Waals surface area contributed by atoms with Gasteiger partial charge in [0.2, 0.25) is 11.7 Å². The predicted octanol–water partition coefficient (Wildman–Crippen LogP) is -3.72. The number of aryl methyl sites for hydroxylation is 1.